The van der Waals surface area contributed by atoms with Crippen molar-refractivity contribution in [2.75, 3.05) is 6.54 Å². The Morgan fingerprint density at radius 3 is 2.53 bits per heavy atom. The minimum absolute atomic E-state index is 0.159. The summed E-state index contributed by atoms with van der Waals surface area (Å²) in [6.07, 6.45) is 6.74. The Bertz CT molecular complexity index is 1160. The molecule has 3 rings (SSSR count). The average Bonchev–Trinajstić information content (AvgIpc) is 3.40. The van der Waals surface area contributed by atoms with E-state index in [0.717, 1.165) is 37.7 Å². The Balaban J connectivity index is 1.76. The Kier molecular flexibility index (Phi) is 11.3. The fraction of sp³-hybridized carbons (Fsp3) is 0.517. The highest BCUT2D eigenvalue weighted by Gasteiger charge is 2.27. The van der Waals surface area contributed by atoms with Gasteiger partial charge in [0.15, 0.2) is 0 Å². The van der Waals surface area contributed by atoms with Crippen molar-refractivity contribution in [3.63, 3.8) is 0 Å². The van der Waals surface area contributed by atoms with E-state index in [1.165, 1.54) is 12.3 Å². The molecule has 0 aromatic heterocycles. The van der Waals surface area contributed by atoms with Crippen molar-refractivity contribution in [1.29, 1.82) is 0 Å². The molecule has 0 spiro atoms. The van der Waals surface area contributed by atoms with E-state index in [4.69, 9.17) is 5.21 Å². The maximum absolute atomic E-state index is 13.4. The summed E-state index contributed by atoms with van der Waals surface area (Å²) in [5.41, 5.74) is 2.22. The summed E-state index contributed by atoms with van der Waals surface area (Å²) in [6, 6.07) is 13.7. The van der Waals surface area contributed by atoms with Crippen LogP contribution in [0.4, 0.5) is 0 Å². The molecule has 3 atom stereocenters. The van der Waals surface area contributed by atoms with Crippen molar-refractivity contribution in [1.82, 2.24) is 10.0 Å². The van der Waals surface area contributed by atoms with Gasteiger partial charge in [-0.25, -0.2) is 13.1 Å². The monoisotopic (exact) mass is 543 g/mol. The maximum Gasteiger partial charge on any atom is 0.240 e. The summed E-state index contributed by atoms with van der Waals surface area (Å²) in [5.74, 6) is 0.453. The number of oxime groups is 1. The fourth-order valence-corrected chi connectivity index (χ4v) is 6.27. The number of nitrogens with one attached hydrogen (secondary N) is 2. The van der Waals surface area contributed by atoms with Gasteiger partial charge in [0.05, 0.1) is 23.3 Å². The molecule has 9 heteroatoms. The van der Waals surface area contributed by atoms with E-state index in [9.17, 15) is 18.3 Å². The largest absolute Gasteiger partial charge is 0.411 e. The minimum atomic E-state index is -3.95. The number of hydrogen-bond donors (Lipinski definition) is 4. The first-order valence-corrected chi connectivity index (χ1v) is 15.0. The standard InChI is InChI=1S/C29H41N3O5S/c1-3-21(2)15-29(34)32-26(18-23-9-5-4-6-10-23)27(33)20-31-38(36,37)28-14-13-24(19-30-35)17-25(28)16-22-11-7-8-12-22/h4-6,9-10,13-14,17,19,21-22,26-27,31,33,35H,3,7-8,11-12,15-16,18,20H2,1-2H3,(H,32,34)/b30-19+/t21?,26-,27+/m0/s1. The van der Waals surface area contributed by atoms with Crippen LogP contribution in [0.15, 0.2) is 58.6 Å². The summed E-state index contributed by atoms with van der Waals surface area (Å²) in [6.45, 7) is 3.77. The van der Waals surface area contributed by atoms with E-state index in [1.54, 1.807) is 12.1 Å². The molecule has 1 amide bonds. The summed E-state index contributed by atoms with van der Waals surface area (Å²) in [4.78, 5) is 12.8. The topological polar surface area (TPSA) is 128 Å². The predicted molar refractivity (Wildman–Crippen MR) is 149 cm³/mol. The third-order valence-corrected chi connectivity index (χ3v) is 8.91. The number of nitrogens with zero attached hydrogens (tertiary/aromatic N) is 1. The molecule has 1 fully saturated rings. The zero-order chi connectivity index (χ0) is 27.5. The highest BCUT2D eigenvalue weighted by Crippen LogP contribution is 2.30. The van der Waals surface area contributed by atoms with E-state index in [0.29, 0.717) is 36.3 Å². The molecule has 0 radical (unpaired) electrons. The summed E-state index contributed by atoms with van der Waals surface area (Å²) >= 11 is 0. The lowest BCUT2D eigenvalue weighted by Crippen LogP contribution is -2.49. The Hall–Kier alpha value is -2.75. The van der Waals surface area contributed by atoms with Gasteiger partial charge < -0.3 is 15.6 Å². The van der Waals surface area contributed by atoms with Crippen LogP contribution in [0.3, 0.4) is 0 Å². The van der Waals surface area contributed by atoms with Crippen LogP contribution >= 0.6 is 0 Å². The maximum atomic E-state index is 13.4. The van der Waals surface area contributed by atoms with Crippen LogP contribution in [0, 0.1) is 11.8 Å². The molecule has 2 aromatic carbocycles. The number of rotatable bonds is 14. The Morgan fingerprint density at radius 2 is 1.87 bits per heavy atom. The molecule has 2 aromatic rings. The van der Waals surface area contributed by atoms with Crippen molar-refractivity contribution in [2.24, 2.45) is 17.0 Å². The van der Waals surface area contributed by atoms with Crippen molar-refractivity contribution in [3.8, 4) is 0 Å². The number of amides is 1. The zero-order valence-corrected chi connectivity index (χ0v) is 23.2. The van der Waals surface area contributed by atoms with Crippen LogP contribution in [0.2, 0.25) is 0 Å². The molecule has 1 aliphatic carbocycles. The lowest BCUT2D eigenvalue weighted by molar-refractivity contribution is -0.123. The molecule has 8 nitrogen and oxygen atoms in total. The molecule has 38 heavy (non-hydrogen) atoms. The highest BCUT2D eigenvalue weighted by atomic mass is 32.2. The van der Waals surface area contributed by atoms with Crippen LogP contribution in [0.5, 0.6) is 0 Å². The Morgan fingerprint density at radius 1 is 1.16 bits per heavy atom. The van der Waals surface area contributed by atoms with Crippen LogP contribution in [-0.4, -0.2) is 49.5 Å². The summed E-state index contributed by atoms with van der Waals surface area (Å²) in [7, 11) is -3.95. The van der Waals surface area contributed by atoms with E-state index < -0.39 is 22.2 Å². The van der Waals surface area contributed by atoms with Gasteiger partial charge in [-0.2, -0.15) is 0 Å². The first kappa shape index (κ1) is 29.8. The van der Waals surface area contributed by atoms with Crippen LogP contribution in [0.25, 0.3) is 0 Å². The molecule has 208 valence electrons. The van der Waals surface area contributed by atoms with Gasteiger partial charge >= 0.3 is 0 Å². The van der Waals surface area contributed by atoms with Crippen molar-refractivity contribution < 1.29 is 23.5 Å². The highest BCUT2D eigenvalue weighted by molar-refractivity contribution is 7.89. The van der Waals surface area contributed by atoms with Crippen molar-refractivity contribution >= 4 is 22.1 Å². The molecule has 0 saturated heterocycles. The second-order valence-corrected chi connectivity index (χ2v) is 12.2. The number of sulfonamides is 1. The van der Waals surface area contributed by atoms with Gasteiger partial charge in [-0.05, 0) is 53.5 Å². The quantitative estimate of drug-likeness (QED) is 0.163. The molecule has 0 heterocycles. The van der Waals surface area contributed by atoms with Crippen molar-refractivity contribution in [3.05, 3.63) is 65.2 Å². The number of aliphatic hydroxyl groups excluding tert-OH is 1. The molecular weight excluding hydrogens is 502 g/mol. The van der Waals surface area contributed by atoms with E-state index in [-0.39, 0.29) is 23.3 Å². The SMILES string of the molecule is CCC(C)CC(=O)N[C@@H](Cc1ccccc1)[C@H](O)CNS(=O)(=O)c1ccc(/C=N/O)cc1CC1CCCC1. The van der Waals surface area contributed by atoms with Gasteiger partial charge in [-0.15, -0.1) is 0 Å². The normalized spacial score (nSPS) is 16.9. The van der Waals surface area contributed by atoms with Gasteiger partial charge in [0.1, 0.15) is 0 Å². The van der Waals surface area contributed by atoms with Crippen LogP contribution < -0.4 is 10.0 Å². The Labute approximate surface area is 226 Å². The smallest absolute Gasteiger partial charge is 0.240 e. The molecule has 1 saturated carbocycles. The number of hydrogen-bond acceptors (Lipinski definition) is 6. The second kappa shape index (κ2) is 14.4. The minimum Gasteiger partial charge on any atom is -0.411 e. The van der Waals surface area contributed by atoms with Gasteiger partial charge in [0.25, 0.3) is 0 Å². The molecule has 1 aliphatic rings. The van der Waals surface area contributed by atoms with Gasteiger partial charge in [0, 0.05) is 13.0 Å². The lowest BCUT2D eigenvalue weighted by atomic mass is 9.97. The molecule has 0 aliphatic heterocycles. The zero-order valence-electron chi connectivity index (χ0n) is 22.3. The van der Waals surface area contributed by atoms with E-state index in [1.807, 2.05) is 44.2 Å². The summed E-state index contributed by atoms with van der Waals surface area (Å²) < 4.78 is 29.4. The number of benzene rings is 2. The molecular formula is C29H41N3O5S. The number of carbonyl (C=O) groups excluding carboxylic acids is 1. The van der Waals surface area contributed by atoms with Crippen LogP contribution in [-0.2, 0) is 27.7 Å². The van der Waals surface area contributed by atoms with Gasteiger partial charge in [-0.3, -0.25) is 4.79 Å². The molecule has 0 bridgehead atoms. The van der Waals surface area contributed by atoms with Crippen molar-refractivity contribution in [2.45, 2.75) is 82.3 Å². The first-order valence-electron chi connectivity index (χ1n) is 13.5. The lowest BCUT2D eigenvalue weighted by Gasteiger charge is -2.25. The second-order valence-electron chi connectivity index (χ2n) is 10.5. The fourth-order valence-electron chi connectivity index (χ4n) is 4.99. The average molecular weight is 544 g/mol. The van der Waals surface area contributed by atoms with Crippen LogP contribution in [0.1, 0.15) is 69.1 Å². The van der Waals surface area contributed by atoms with E-state index in [2.05, 4.69) is 15.2 Å². The third kappa shape index (κ3) is 8.92. The van der Waals surface area contributed by atoms with Gasteiger partial charge in [0.2, 0.25) is 15.9 Å². The number of carbonyl (C=O) groups is 1. The summed E-state index contributed by atoms with van der Waals surface area (Å²) in [5, 5.41) is 26.0. The van der Waals surface area contributed by atoms with E-state index >= 15 is 0 Å². The first-order chi connectivity index (χ1) is 18.2. The number of aliphatic hydroxyl groups is 1. The molecule has 4 N–H and O–H groups in total. The predicted octanol–water partition coefficient (Wildman–Crippen LogP) is 4.03. The van der Waals surface area contributed by atoms with Gasteiger partial charge in [-0.1, -0.05) is 87.5 Å². The molecule has 1 unspecified atom stereocenters. The third-order valence-electron chi connectivity index (χ3n) is 7.39.